The summed E-state index contributed by atoms with van der Waals surface area (Å²) in [6, 6.07) is 7.86. The monoisotopic (exact) mass is 302 g/mol. The van der Waals surface area contributed by atoms with E-state index in [4.69, 9.17) is 4.74 Å². The van der Waals surface area contributed by atoms with E-state index < -0.39 is 0 Å². The lowest BCUT2D eigenvalue weighted by molar-refractivity contribution is -0.131. The number of hydrogen-bond acceptors (Lipinski definition) is 3. The van der Waals surface area contributed by atoms with E-state index in [0.29, 0.717) is 25.4 Å². The number of rotatable bonds is 8. The average molecular weight is 302 g/mol. The van der Waals surface area contributed by atoms with Crippen LogP contribution in [0.4, 0.5) is 0 Å². The number of nitrogens with one attached hydrogen (secondary N) is 1. The zero-order valence-corrected chi connectivity index (χ0v) is 13.4. The van der Waals surface area contributed by atoms with Crippen LogP contribution >= 0.6 is 0 Å². The van der Waals surface area contributed by atoms with Gasteiger partial charge in [-0.25, -0.2) is 0 Å². The Labute approximate surface area is 133 Å². The standard InChI is InChI=1S/C18H26N2O2/c1-3-12-20(14-16-4-7-17(22-2)8-5-16)18(21)9-6-15-10-11-19-13-15/h3-5,7-8,15,19H,1,6,9-14H2,2H3. The minimum absolute atomic E-state index is 0.211. The van der Waals surface area contributed by atoms with Gasteiger partial charge < -0.3 is 15.0 Å². The van der Waals surface area contributed by atoms with Crippen molar-refractivity contribution in [2.75, 3.05) is 26.7 Å². The van der Waals surface area contributed by atoms with Gasteiger partial charge in [0, 0.05) is 19.5 Å². The second kappa shape index (κ2) is 8.59. The van der Waals surface area contributed by atoms with Gasteiger partial charge in [-0.3, -0.25) is 4.79 Å². The van der Waals surface area contributed by atoms with Crippen molar-refractivity contribution in [1.82, 2.24) is 10.2 Å². The van der Waals surface area contributed by atoms with Crippen LogP contribution in [0.25, 0.3) is 0 Å². The highest BCUT2D eigenvalue weighted by Crippen LogP contribution is 2.17. The molecule has 0 saturated carbocycles. The van der Waals surface area contributed by atoms with Crippen LogP contribution in [0, 0.1) is 5.92 Å². The van der Waals surface area contributed by atoms with Crippen LogP contribution in [0.1, 0.15) is 24.8 Å². The summed E-state index contributed by atoms with van der Waals surface area (Å²) in [5.41, 5.74) is 1.11. The molecule has 1 aliphatic heterocycles. The first-order valence-electron chi connectivity index (χ1n) is 7.95. The predicted molar refractivity (Wildman–Crippen MR) is 88.8 cm³/mol. The van der Waals surface area contributed by atoms with Crippen molar-refractivity contribution >= 4 is 5.91 Å². The Bertz CT molecular complexity index is 478. The van der Waals surface area contributed by atoms with Gasteiger partial charge in [-0.2, -0.15) is 0 Å². The molecule has 4 heteroatoms. The fourth-order valence-electron chi connectivity index (χ4n) is 2.81. The van der Waals surface area contributed by atoms with Crippen molar-refractivity contribution in [3.63, 3.8) is 0 Å². The highest BCUT2D eigenvalue weighted by atomic mass is 16.5. The van der Waals surface area contributed by atoms with Gasteiger partial charge in [-0.15, -0.1) is 6.58 Å². The molecule has 0 aromatic heterocycles. The Morgan fingerprint density at radius 1 is 1.45 bits per heavy atom. The van der Waals surface area contributed by atoms with Crippen LogP contribution in [0.2, 0.25) is 0 Å². The van der Waals surface area contributed by atoms with E-state index in [9.17, 15) is 4.79 Å². The van der Waals surface area contributed by atoms with Crippen molar-refractivity contribution in [2.45, 2.75) is 25.8 Å². The Morgan fingerprint density at radius 2 is 2.23 bits per heavy atom. The van der Waals surface area contributed by atoms with E-state index in [1.807, 2.05) is 29.2 Å². The summed E-state index contributed by atoms with van der Waals surface area (Å²) < 4.78 is 5.16. The lowest BCUT2D eigenvalue weighted by Gasteiger charge is -2.22. The predicted octanol–water partition coefficient (Wildman–Crippen LogP) is 2.60. The summed E-state index contributed by atoms with van der Waals surface area (Å²) in [5.74, 6) is 1.69. The number of nitrogens with zero attached hydrogens (tertiary/aromatic N) is 1. The third-order valence-corrected chi connectivity index (χ3v) is 4.16. The van der Waals surface area contributed by atoms with Gasteiger partial charge in [0.1, 0.15) is 5.75 Å². The molecule has 1 atom stereocenters. The number of hydrogen-bond donors (Lipinski definition) is 1. The summed E-state index contributed by atoms with van der Waals surface area (Å²) >= 11 is 0. The second-order valence-corrected chi connectivity index (χ2v) is 5.81. The van der Waals surface area contributed by atoms with E-state index in [1.165, 1.54) is 6.42 Å². The first kappa shape index (κ1) is 16.6. The zero-order chi connectivity index (χ0) is 15.8. The average Bonchev–Trinajstić information content (AvgIpc) is 3.06. The maximum Gasteiger partial charge on any atom is 0.223 e. The maximum absolute atomic E-state index is 12.5. The third kappa shape index (κ3) is 4.88. The maximum atomic E-state index is 12.5. The fourth-order valence-corrected chi connectivity index (χ4v) is 2.81. The summed E-state index contributed by atoms with van der Waals surface area (Å²) in [5, 5.41) is 3.35. The molecule has 0 spiro atoms. The van der Waals surface area contributed by atoms with Gasteiger partial charge in [0.2, 0.25) is 5.91 Å². The van der Waals surface area contributed by atoms with Crippen LogP contribution in [0.15, 0.2) is 36.9 Å². The molecule has 1 heterocycles. The second-order valence-electron chi connectivity index (χ2n) is 5.81. The van der Waals surface area contributed by atoms with Gasteiger partial charge in [0.25, 0.3) is 0 Å². The summed E-state index contributed by atoms with van der Waals surface area (Å²) in [4.78, 5) is 14.3. The Hall–Kier alpha value is -1.81. The van der Waals surface area contributed by atoms with Crippen molar-refractivity contribution in [1.29, 1.82) is 0 Å². The number of benzene rings is 1. The molecular weight excluding hydrogens is 276 g/mol. The van der Waals surface area contributed by atoms with Crippen LogP contribution in [0.3, 0.4) is 0 Å². The van der Waals surface area contributed by atoms with Crippen molar-refractivity contribution < 1.29 is 9.53 Å². The molecule has 120 valence electrons. The molecule has 1 aromatic rings. The molecule has 1 N–H and O–H groups in total. The molecule has 1 unspecified atom stereocenters. The largest absolute Gasteiger partial charge is 0.497 e. The van der Waals surface area contributed by atoms with Crippen LogP contribution in [-0.2, 0) is 11.3 Å². The van der Waals surface area contributed by atoms with Gasteiger partial charge in [-0.05, 0) is 49.5 Å². The minimum atomic E-state index is 0.211. The molecule has 2 rings (SSSR count). The first-order chi connectivity index (χ1) is 10.7. The summed E-state index contributed by atoms with van der Waals surface area (Å²) in [6.45, 7) is 7.11. The normalized spacial score (nSPS) is 17.2. The highest BCUT2D eigenvalue weighted by molar-refractivity contribution is 5.76. The van der Waals surface area contributed by atoms with Gasteiger partial charge in [0.15, 0.2) is 0 Å². The lowest BCUT2D eigenvalue weighted by Crippen LogP contribution is -2.31. The molecule has 1 saturated heterocycles. The molecule has 1 amide bonds. The van der Waals surface area contributed by atoms with Crippen molar-refractivity contribution in [2.24, 2.45) is 5.92 Å². The van der Waals surface area contributed by atoms with Crippen molar-refractivity contribution in [3.8, 4) is 5.75 Å². The van der Waals surface area contributed by atoms with E-state index in [1.54, 1.807) is 13.2 Å². The van der Waals surface area contributed by atoms with E-state index in [-0.39, 0.29) is 5.91 Å². The van der Waals surface area contributed by atoms with Crippen molar-refractivity contribution in [3.05, 3.63) is 42.5 Å². The number of ether oxygens (including phenoxy) is 1. The number of methoxy groups -OCH3 is 1. The summed E-state index contributed by atoms with van der Waals surface area (Å²) in [6.07, 6.45) is 4.57. The van der Waals surface area contributed by atoms with E-state index >= 15 is 0 Å². The number of carbonyl (C=O) groups is 1. The molecule has 1 fully saturated rings. The van der Waals surface area contributed by atoms with E-state index in [0.717, 1.165) is 30.8 Å². The molecule has 1 aliphatic rings. The SMILES string of the molecule is C=CCN(Cc1ccc(OC)cc1)C(=O)CCC1CCNC1. The topological polar surface area (TPSA) is 41.6 Å². The quantitative estimate of drug-likeness (QED) is 0.751. The molecule has 0 radical (unpaired) electrons. The van der Waals surface area contributed by atoms with Gasteiger partial charge >= 0.3 is 0 Å². The molecule has 4 nitrogen and oxygen atoms in total. The molecule has 0 bridgehead atoms. The number of amides is 1. The Morgan fingerprint density at radius 3 is 2.82 bits per heavy atom. The minimum Gasteiger partial charge on any atom is -0.497 e. The molecular formula is C18H26N2O2. The Kier molecular flexibility index (Phi) is 6.46. The van der Waals surface area contributed by atoms with Crippen LogP contribution in [0.5, 0.6) is 5.75 Å². The van der Waals surface area contributed by atoms with Gasteiger partial charge in [-0.1, -0.05) is 18.2 Å². The number of carbonyl (C=O) groups excluding carboxylic acids is 1. The Balaban J connectivity index is 1.89. The highest BCUT2D eigenvalue weighted by Gasteiger charge is 2.18. The zero-order valence-electron chi connectivity index (χ0n) is 13.4. The summed E-state index contributed by atoms with van der Waals surface area (Å²) in [7, 11) is 1.65. The molecule has 1 aromatic carbocycles. The van der Waals surface area contributed by atoms with E-state index in [2.05, 4.69) is 11.9 Å². The van der Waals surface area contributed by atoms with Crippen LogP contribution < -0.4 is 10.1 Å². The van der Waals surface area contributed by atoms with Crippen LogP contribution in [-0.4, -0.2) is 37.6 Å². The molecule has 0 aliphatic carbocycles. The smallest absolute Gasteiger partial charge is 0.223 e. The fraction of sp³-hybridized carbons (Fsp3) is 0.500. The molecule has 22 heavy (non-hydrogen) atoms. The van der Waals surface area contributed by atoms with Gasteiger partial charge in [0.05, 0.1) is 7.11 Å². The third-order valence-electron chi connectivity index (χ3n) is 4.16. The lowest BCUT2D eigenvalue weighted by atomic mass is 10.0. The first-order valence-corrected chi connectivity index (χ1v) is 7.95.